The molecule has 110 valence electrons. The summed E-state index contributed by atoms with van der Waals surface area (Å²) in [7, 11) is 0. The van der Waals surface area contributed by atoms with E-state index in [0.717, 1.165) is 5.56 Å². The number of benzene rings is 1. The molecule has 0 radical (unpaired) electrons. The van der Waals surface area contributed by atoms with Crippen molar-refractivity contribution in [1.82, 2.24) is 4.90 Å². The minimum atomic E-state index is -0.486. The molecule has 1 aliphatic rings. The molecule has 1 atom stereocenters. The number of rotatable bonds is 2. The summed E-state index contributed by atoms with van der Waals surface area (Å²) in [5.41, 5.74) is 1.89. The van der Waals surface area contributed by atoms with Crippen molar-refractivity contribution in [2.75, 3.05) is 13.2 Å². The zero-order valence-electron chi connectivity index (χ0n) is 12.4. The highest BCUT2D eigenvalue weighted by molar-refractivity contribution is 5.69. The van der Waals surface area contributed by atoms with Crippen molar-refractivity contribution in [1.29, 1.82) is 0 Å². The summed E-state index contributed by atoms with van der Waals surface area (Å²) in [6, 6.07) is 8.11. The number of ether oxygens (including phenoxy) is 1. The molecule has 0 aromatic heterocycles. The van der Waals surface area contributed by atoms with Crippen molar-refractivity contribution in [3.63, 3.8) is 0 Å². The molecule has 4 nitrogen and oxygen atoms in total. The Hall–Kier alpha value is -1.55. The Morgan fingerprint density at radius 2 is 2.10 bits per heavy atom. The molecule has 1 amide bonds. The van der Waals surface area contributed by atoms with E-state index in [1.807, 2.05) is 39.0 Å². The van der Waals surface area contributed by atoms with Crippen LogP contribution in [0.5, 0.6) is 0 Å². The number of nitrogens with zero attached hydrogens (tertiary/aromatic N) is 1. The molecule has 1 aliphatic heterocycles. The highest BCUT2D eigenvalue weighted by Crippen LogP contribution is 2.31. The van der Waals surface area contributed by atoms with Gasteiger partial charge in [-0.15, -0.1) is 0 Å². The molecule has 0 fully saturated rings. The van der Waals surface area contributed by atoms with E-state index >= 15 is 0 Å². The van der Waals surface area contributed by atoms with Crippen LogP contribution in [0.1, 0.15) is 44.2 Å². The Bertz CT molecular complexity index is 479. The largest absolute Gasteiger partial charge is 0.444 e. The smallest absolute Gasteiger partial charge is 0.410 e. The number of aliphatic hydroxyl groups is 1. The van der Waals surface area contributed by atoms with Crippen molar-refractivity contribution in [2.45, 2.75) is 45.3 Å². The Morgan fingerprint density at radius 3 is 2.75 bits per heavy atom. The monoisotopic (exact) mass is 277 g/mol. The Balaban J connectivity index is 2.17. The van der Waals surface area contributed by atoms with Crippen LogP contribution in [-0.2, 0) is 11.3 Å². The molecule has 0 aliphatic carbocycles. The third-order valence-electron chi connectivity index (χ3n) is 3.43. The van der Waals surface area contributed by atoms with Crippen molar-refractivity contribution >= 4 is 6.09 Å². The molecule has 1 N–H and O–H groups in total. The van der Waals surface area contributed by atoms with Crippen LogP contribution in [0, 0.1) is 0 Å². The van der Waals surface area contributed by atoms with E-state index in [4.69, 9.17) is 4.74 Å². The van der Waals surface area contributed by atoms with E-state index in [0.29, 0.717) is 19.5 Å². The highest BCUT2D eigenvalue weighted by Gasteiger charge is 2.30. The van der Waals surface area contributed by atoms with Crippen LogP contribution in [0.2, 0.25) is 0 Å². The molecule has 0 saturated heterocycles. The van der Waals surface area contributed by atoms with Crippen molar-refractivity contribution in [2.24, 2.45) is 0 Å². The maximum Gasteiger partial charge on any atom is 0.410 e. The molecule has 0 bridgehead atoms. The summed E-state index contributed by atoms with van der Waals surface area (Å²) in [5.74, 6) is 0.178. The van der Waals surface area contributed by atoms with E-state index in [2.05, 4.69) is 6.07 Å². The Kier molecular flexibility index (Phi) is 4.33. The van der Waals surface area contributed by atoms with E-state index in [-0.39, 0.29) is 18.6 Å². The van der Waals surface area contributed by atoms with Gasteiger partial charge in [0.25, 0.3) is 0 Å². The number of fused-ring (bicyclic) bond motifs is 1. The summed E-state index contributed by atoms with van der Waals surface area (Å²) >= 11 is 0. The van der Waals surface area contributed by atoms with E-state index in [1.54, 1.807) is 4.90 Å². The average Bonchev–Trinajstić information content (AvgIpc) is 2.37. The lowest BCUT2D eigenvalue weighted by Gasteiger charge is -2.35. The SMILES string of the molecule is CC(C)(C)OC(=O)N1Cc2ccccc2C(CCO)C1. The van der Waals surface area contributed by atoms with Gasteiger partial charge in [-0.1, -0.05) is 24.3 Å². The second kappa shape index (κ2) is 5.83. The molecule has 0 saturated carbocycles. The van der Waals surface area contributed by atoms with Gasteiger partial charge in [0.1, 0.15) is 5.60 Å². The van der Waals surface area contributed by atoms with Gasteiger partial charge in [0, 0.05) is 25.6 Å². The summed E-state index contributed by atoms with van der Waals surface area (Å²) in [5, 5.41) is 9.22. The fourth-order valence-electron chi connectivity index (χ4n) is 2.58. The van der Waals surface area contributed by atoms with Crippen LogP contribution in [-0.4, -0.2) is 34.9 Å². The maximum atomic E-state index is 12.2. The van der Waals surface area contributed by atoms with Gasteiger partial charge in [0.05, 0.1) is 0 Å². The summed E-state index contributed by atoms with van der Waals surface area (Å²) in [6.45, 7) is 6.91. The molecule has 4 heteroatoms. The molecule has 1 aromatic carbocycles. The van der Waals surface area contributed by atoms with Gasteiger partial charge in [0.2, 0.25) is 0 Å². The van der Waals surface area contributed by atoms with Crippen LogP contribution < -0.4 is 0 Å². The molecule has 1 unspecified atom stereocenters. The number of hydrogen-bond donors (Lipinski definition) is 1. The fraction of sp³-hybridized carbons (Fsp3) is 0.562. The molecule has 0 spiro atoms. The van der Waals surface area contributed by atoms with Crippen molar-refractivity contribution < 1.29 is 14.6 Å². The predicted octanol–water partition coefficient (Wildman–Crippen LogP) is 2.90. The molecular formula is C16H23NO3. The first-order valence-electron chi connectivity index (χ1n) is 7.07. The number of amides is 1. The summed E-state index contributed by atoms with van der Waals surface area (Å²) in [6.07, 6.45) is 0.381. The number of aliphatic hydroxyl groups excluding tert-OH is 1. The fourth-order valence-corrected chi connectivity index (χ4v) is 2.58. The third-order valence-corrected chi connectivity index (χ3v) is 3.43. The quantitative estimate of drug-likeness (QED) is 0.904. The van der Waals surface area contributed by atoms with E-state index in [9.17, 15) is 9.90 Å². The molecular weight excluding hydrogens is 254 g/mol. The first-order chi connectivity index (χ1) is 9.40. The minimum absolute atomic E-state index is 0.126. The highest BCUT2D eigenvalue weighted by atomic mass is 16.6. The third kappa shape index (κ3) is 3.51. The standard InChI is InChI=1S/C16H23NO3/c1-16(2,3)20-15(19)17-10-12-6-4-5-7-14(12)13(11-17)8-9-18/h4-7,13,18H,8-11H2,1-3H3. The topological polar surface area (TPSA) is 49.8 Å². The molecule has 20 heavy (non-hydrogen) atoms. The molecule has 1 heterocycles. The van der Waals surface area contributed by atoms with E-state index in [1.165, 1.54) is 5.56 Å². The predicted molar refractivity (Wildman–Crippen MR) is 77.5 cm³/mol. The van der Waals surface area contributed by atoms with Gasteiger partial charge in [-0.25, -0.2) is 4.79 Å². The van der Waals surface area contributed by atoms with Crippen molar-refractivity contribution in [3.05, 3.63) is 35.4 Å². The normalized spacial score (nSPS) is 18.6. The lowest BCUT2D eigenvalue weighted by atomic mass is 9.88. The number of carbonyl (C=O) groups is 1. The number of hydrogen-bond acceptors (Lipinski definition) is 3. The van der Waals surface area contributed by atoms with Crippen LogP contribution in [0.3, 0.4) is 0 Å². The van der Waals surface area contributed by atoms with Crippen LogP contribution in [0.25, 0.3) is 0 Å². The minimum Gasteiger partial charge on any atom is -0.444 e. The van der Waals surface area contributed by atoms with Gasteiger partial charge in [0.15, 0.2) is 0 Å². The first-order valence-corrected chi connectivity index (χ1v) is 7.07. The van der Waals surface area contributed by atoms with Gasteiger partial charge in [-0.2, -0.15) is 0 Å². The Morgan fingerprint density at radius 1 is 1.40 bits per heavy atom. The van der Waals surface area contributed by atoms with Crippen molar-refractivity contribution in [3.8, 4) is 0 Å². The van der Waals surface area contributed by atoms with Crippen LogP contribution >= 0.6 is 0 Å². The number of carbonyl (C=O) groups excluding carboxylic acids is 1. The summed E-state index contributed by atoms with van der Waals surface area (Å²) in [4.78, 5) is 13.9. The molecule has 1 aromatic rings. The van der Waals surface area contributed by atoms with Crippen LogP contribution in [0.15, 0.2) is 24.3 Å². The van der Waals surface area contributed by atoms with Gasteiger partial charge >= 0.3 is 6.09 Å². The lowest BCUT2D eigenvalue weighted by Crippen LogP contribution is -2.41. The van der Waals surface area contributed by atoms with Gasteiger partial charge in [-0.3, -0.25) is 0 Å². The lowest BCUT2D eigenvalue weighted by molar-refractivity contribution is 0.0199. The van der Waals surface area contributed by atoms with Gasteiger partial charge in [-0.05, 0) is 38.3 Å². The zero-order valence-corrected chi connectivity index (χ0v) is 12.4. The summed E-state index contributed by atoms with van der Waals surface area (Å²) < 4.78 is 5.44. The second-order valence-electron chi connectivity index (χ2n) is 6.27. The average molecular weight is 277 g/mol. The van der Waals surface area contributed by atoms with Crippen LogP contribution in [0.4, 0.5) is 4.79 Å². The maximum absolute atomic E-state index is 12.2. The van der Waals surface area contributed by atoms with E-state index < -0.39 is 5.60 Å². The first kappa shape index (κ1) is 14.9. The zero-order chi connectivity index (χ0) is 14.8. The van der Waals surface area contributed by atoms with Gasteiger partial charge < -0.3 is 14.7 Å². The Labute approximate surface area is 120 Å². The molecule has 2 rings (SSSR count). The second-order valence-corrected chi connectivity index (χ2v) is 6.27.